The fourth-order valence-corrected chi connectivity index (χ4v) is 3.35. The number of hydrogen-bond acceptors (Lipinski definition) is 6. The molecular weight excluding hydrogens is 450 g/mol. The quantitative estimate of drug-likeness (QED) is 0.279. The fourth-order valence-electron chi connectivity index (χ4n) is 3.35. The Balaban J connectivity index is 1.73. The van der Waals surface area contributed by atoms with E-state index in [1.165, 1.54) is 36.4 Å². The van der Waals surface area contributed by atoms with Gasteiger partial charge in [0.05, 0.1) is 16.7 Å². The number of carbonyl (C=O) groups excluding carboxylic acids is 3. The highest BCUT2D eigenvalue weighted by molar-refractivity contribution is 5.98. The summed E-state index contributed by atoms with van der Waals surface area (Å²) < 4.78 is 0. The predicted molar refractivity (Wildman–Crippen MR) is 129 cm³/mol. The number of nitrogens with one attached hydrogen (secondary N) is 3. The summed E-state index contributed by atoms with van der Waals surface area (Å²) in [5.41, 5.74) is -0.607. The largest absolute Gasteiger partial charge is 0.507 e. The molecule has 0 radical (unpaired) electrons. The summed E-state index contributed by atoms with van der Waals surface area (Å²) in [4.78, 5) is 37.8. The van der Waals surface area contributed by atoms with Gasteiger partial charge in [0.2, 0.25) is 0 Å². The standard InChI is InChI=1S/C26H27N3O6/c1-26(14-27-23(33)17-8-2-5-11-20(17)30,15-28-24(34)18-9-3-6-12-21(18)31)16-29-25(35)19-10-4-7-13-22(19)32/h2-13,30-32H,14-16H2,1H3,(H,27,33)(H,28,34)(H,29,35). The number of carbonyl (C=O) groups is 3. The van der Waals surface area contributed by atoms with Crippen molar-refractivity contribution >= 4 is 17.7 Å². The Hall–Kier alpha value is -4.53. The summed E-state index contributed by atoms with van der Waals surface area (Å²) in [6.07, 6.45) is 0. The molecule has 0 spiro atoms. The second-order valence-corrected chi connectivity index (χ2v) is 8.41. The number of benzene rings is 3. The lowest BCUT2D eigenvalue weighted by Gasteiger charge is -2.30. The molecule has 0 saturated heterocycles. The number of para-hydroxylation sites is 3. The maximum atomic E-state index is 12.6. The SMILES string of the molecule is CC(CNC(=O)c1ccccc1O)(CNC(=O)c1ccccc1O)CNC(=O)c1ccccc1O. The normalized spacial score (nSPS) is 10.9. The van der Waals surface area contributed by atoms with E-state index in [9.17, 15) is 29.7 Å². The first-order chi connectivity index (χ1) is 16.7. The molecule has 35 heavy (non-hydrogen) atoms. The molecule has 182 valence electrons. The van der Waals surface area contributed by atoms with E-state index in [1.54, 1.807) is 43.3 Å². The first-order valence-electron chi connectivity index (χ1n) is 10.9. The van der Waals surface area contributed by atoms with E-state index < -0.39 is 23.1 Å². The molecule has 3 aromatic carbocycles. The molecule has 0 saturated carbocycles. The Morgan fingerprint density at radius 2 is 0.829 bits per heavy atom. The third kappa shape index (κ3) is 6.50. The molecule has 0 aromatic heterocycles. The van der Waals surface area contributed by atoms with E-state index >= 15 is 0 Å². The van der Waals surface area contributed by atoms with E-state index in [2.05, 4.69) is 16.0 Å². The second-order valence-electron chi connectivity index (χ2n) is 8.41. The molecule has 0 aliphatic carbocycles. The third-order valence-electron chi connectivity index (χ3n) is 5.47. The van der Waals surface area contributed by atoms with Crippen molar-refractivity contribution in [3.8, 4) is 17.2 Å². The van der Waals surface area contributed by atoms with Crippen LogP contribution in [0.1, 0.15) is 38.0 Å². The van der Waals surface area contributed by atoms with Gasteiger partial charge in [-0.05, 0) is 36.4 Å². The molecule has 3 amide bonds. The van der Waals surface area contributed by atoms with E-state index in [4.69, 9.17) is 0 Å². The topological polar surface area (TPSA) is 148 Å². The average molecular weight is 478 g/mol. The van der Waals surface area contributed by atoms with Crippen molar-refractivity contribution in [1.29, 1.82) is 0 Å². The van der Waals surface area contributed by atoms with E-state index in [1.807, 2.05) is 0 Å². The van der Waals surface area contributed by atoms with E-state index in [0.717, 1.165) is 0 Å². The maximum absolute atomic E-state index is 12.6. The molecule has 0 bridgehead atoms. The van der Waals surface area contributed by atoms with Crippen LogP contribution in [0.2, 0.25) is 0 Å². The van der Waals surface area contributed by atoms with Crippen LogP contribution in [0.5, 0.6) is 17.2 Å². The highest BCUT2D eigenvalue weighted by Crippen LogP contribution is 2.20. The van der Waals surface area contributed by atoms with Crippen molar-refractivity contribution in [2.75, 3.05) is 19.6 Å². The molecule has 0 heterocycles. The second kappa shape index (κ2) is 11.1. The Kier molecular flexibility index (Phi) is 7.93. The molecule has 0 unspecified atom stereocenters. The lowest BCUT2D eigenvalue weighted by Crippen LogP contribution is -2.50. The minimum absolute atomic E-state index is 0.0300. The average Bonchev–Trinajstić information content (AvgIpc) is 2.85. The number of aromatic hydroxyl groups is 3. The summed E-state index contributed by atoms with van der Waals surface area (Å²) >= 11 is 0. The van der Waals surface area contributed by atoms with Crippen molar-refractivity contribution < 1.29 is 29.7 Å². The van der Waals surface area contributed by atoms with Gasteiger partial charge in [0.15, 0.2) is 0 Å². The lowest BCUT2D eigenvalue weighted by molar-refractivity contribution is 0.0894. The van der Waals surface area contributed by atoms with Crippen molar-refractivity contribution in [1.82, 2.24) is 16.0 Å². The zero-order valence-corrected chi connectivity index (χ0v) is 19.1. The van der Waals surface area contributed by atoms with Gasteiger partial charge in [0.25, 0.3) is 17.7 Å². The van der Waals surface area contributed by atoms with Gasteiger partial charge in [0, 0.05) is 25.0 Å². The Morgan fingerprint density at radius 3 is 1.09 bits per heavy atom. The number of amides is 3. The molecule has 3 aromatic rings. The van der Waals surface area contributed by atoms with Gasteiger partial charge in [-0.2, -0.15) is 0 Å². The molecule has 9 heteroatoms. The van der Waals surface area contributed by atoms with Gasteiger partial charge >= 0.3 is 0 Å². The van der Waals surface area contributed by atoms with Crippen molar-refractivity contribution in [3.63, 3.8) is 0 Å². The van der Waals surface area contributed by atoms with Gasteiger partial charge in [-0.3, -0.25) is 14.4 Å². The van der Waals surface area contributed by atoms with Crippen LogP contribution >= 0.6 is 0 Å². The molecular formula is C26H27N3O6. The minimum Gasteiger partial charge on any atom is -0.507 e. The zero-order valence-electron chi connectivity index (χ0n) is 19.1. The predicted octanol–water partition coefficient (Wildman–Crippen LogP) is 2.40. The summed E-state index contributed by atoms with van der Waals surface area (Å²) in [6, 6.07) is 18.3. The molecule has 6 N–H and O–H groups in total. The maximum Gasteiger partial charge on any atom is 0.255 e. The highest BCUT2D eigenvalue weighted by Gasteiger charge is 2.28. The first kappa shape index (κ1) is 25.1. The summed E-state index contributed by atoms with van der Waals surface area (Å²) in [7, 11) is 0. The molecule has 0 aliphatic heterocycles. The number of rotatable bonds is 9. The van der Waals surface area contributed by atoms with Crippen molar-refractivity contribution in [2.45, 2.75) is 6.92 Å². The van der Waals surface area contributed by atoms with Crippen LogP contribution in [0.25, 0.3) is 0 Å². The summed E-state index contributed by atoms with van der Waals surface area (Å²) in [5, 5.41) is 38.0. The highest BCUT2D eigenvalue weighted by atomic mass is 16.3. The van der Waals surface area contributed by atoms with Crippen LogP contribution in [-0.2, 0) is 0 Å². The first-order valence-corrected chi connectivity index (χ1v) is 10.9. The van der Waals surface area contributed by atoms with Crippen LogP contribution in [0.4, 0.5) is 0 Å². The monoisotopic (exact) mass is 477 g/mol. The number of phenolic OH excluding ortho intramolecular Hbond substituents is 3. The zero-order chi connectivity index (χ0) is 25.4. The van der Waals surface area contributed by atoms with E-state index in [0.29, 0.717) is 0 Å². The minimum atomic E-state index is -0.875. The Labute approximate surface area is 202 Å². The summed E-state index contributed by atoms with van der Waals surface area (Å²) in [5.74, 6) is -2.08. The Bertz CT molecular complexity index is 1080. The Morgan fingerprint density at radius 1 is 0.571 bits per heavy atom. The van der Waals surface area contributed by atoms with Gasteiger partial charge in [-0.1, -0.05) is 43.3 Å². The number of hydrogen-bond donors (Lipinski definition) is 6. The van der Waals surface area contributed by atoms with Crippen LogP contribution in [0.3, 0.4) is 0 Å². The molecule has 0 aliphatic rings. The van der Waals surface area contributed by atoms with Crippen LogP contribution in [-0.4, -0.2) is 52.7 Å². The third-order valence-corrected chi connectivity index (χ3v) is 5.47. The molecule has 9 nitrogen and oxygen atoms in total. The fraction of sp³-hybridized carbons (Fsp3) is 0.192. The van der Waals surface area contributed by atoms with Gasteiger partial charge in [0.1, 0.15) is 17.2 Å². The van der Waals surface area contributed by atoms with E-state index in [-0.39, 0.29) is 53.6 Å². The van der Waals surface area contributed by atoms with Crippen LogP contribution in [0, 0.1) is 5.41 Å². The van der Waals surface area contributed by atoms with Gasteiger partial charge in [-0.15, -0.1) is 0 Å². The smallest absolute Gasteiger partial charge is 0.255 e. The molecule has 0 fully saturated rings. The molecule has 3 rings (SSSR count). The lowest BCUT2D eigenvalue weighted by atomic mass is 9.89. The van der Waals surface area contributed by atoms with Crippen molar-refractivity contribution in [3.05, 3.63) is 89.5 Å². The van der Waals surface area contributed by atoms with Crippen LogP contribution in [0.15, 0.2) is 72.8 Å². The number of phenols is 3. The van der Waals surface area contributed by atoms with Crippen molar-refractivity contribution in [2.24, 2.45) is 5.41 Å². The molecule has 0 atom stereocenters. The van der Waals surface area contributed by atoms with Gasteiger partial charge in [-0.25, -0.2) is 0 Å². The van der Waals surface area contributed by atoms with Crippen LogP contribution < -0.4 is 16.0 Å². The summed E-state index contributed by atoms with van der Waals surface area (Å²) in [6.45, 7) is 1.83. The van der Waals surface area contributed by atoms with Gasteiger partial charge < -0.3 is 31.3 Å².